The van der Waals surface area contributed by atoms with Crippen LogP contribution in [0.4, 0.5) is 16.6 Å². The maximum absolute atomic E-state index is 5.54. The van der Waals surface area contributed by atoms with Gasteiger partial charge in [-0.1, -0.05) is 0 Å². The van der Waals surface area contributed by atoms with Gasteiger partial charge in [0.2, 0.25) is 0 Å². The van der Waals surface area contributed by atoms with Crippen LogP contribution in [-0.4, -0.2) is 53.0 Å². The molecule has 0 aromatic carbocycles. The standard InChI is InChI=1S/C18H22N8OS/c19-23-18-22-16-14-10-21-24-17(14)26(4-3-15(16)28-18)11-12-1-2-13(9-20-12)25-5-7-27-8-6-25/h1-2,9-10H,3-8,11,19H2,(H,21,24)(H,22,23). The Kier molecular flexibility index (Phi) is 4.59. The average molecular weight is 398 g/mol. The third-order valence-corrected chi connectivity index (χ3v) is 6.20. The topological polar surface area (TPSA) is 108 Å². The Hall–Kier alpha value is -2.69. The number of anilines is 3. The molecule has 2 aliphatic rings. The highest BCUT2D eigenvalue weighted by atomic mass is 32.1. The Balaban J connectivity index is 1.36. The number of thiazole rings is 1. The van der Waals surface area contributed by atoms with Gasteiger partial charge < -0.3 is 14.5 Å². The molecule has 9 nitrogen and oxygen atoms in total. The number of nitrogens with one attached hydrogen (secondary N) is 2. The summed E-state index contributed by atoms with van der Waals surface area (Å²) in [6.07, 6.45) is 4.70. The number of H-pyrrole nitrogens is 1. The van der Waals surface area contributed by atoms with E-state index < -0.39 is 0 Å². The van der Waals surface area contributed by atoms with Crippen molar-refractivity contribution in [1.29, 1.82) is 0 Å². The molecule has 28 heavy (non-hydrogen) atoms. The van der Waals surface area contributed by atoms with Crippen molar-refractivity contribution in [2.24, 2.45) is 5.84 Å². The number of morpholine rings is 1. The van der Waals surface area contributed by atoms with Gasteiger partial charge in [-0.3, -0.25) is 15.5 Å². The lowest BCUT2D eigenvalue weighted by atomic mass is 10.2. The zero-order valence-corrected chi connectivity index (χ0v) is 16.2. The molecule has 4 N–H and O–H groups in total. The second-order valence-corrected chi connectivity index (χ2v) is 7.93. The molecule has 1 saturated heterocycles. The van der Waals surface area contributed by atoms with Crippen LogP contribution in [0, 0.1) is 0 Å². The largest absolute Gasteiger partial charge is 0.378 e. The van der Waals surface area contributed by atoms with Gasteiger partial charge >= 0.3 is 0 Å². The molecule has 5 rings (SSSR count). The first-order valence-corrected chi connectivity index (χ1v) is 10.2. The molecule has 2 aliphatic heterocycles. The number of hydrogen-bond acceptors (Lipinski definition) is 9. The van der Waals surface area contributed by atoms with Gasteiger partial charge in [-0.15, -0.1) is 11.3 Å². The SMILES string of the molecule is NNc1nc2c(s1)CCN(Cc1ccc(N3CCOCC3)cn1)c1[nH]ncc1-2. The fourth-order valence-corrected chi connectivity index (χ4v) is 4.58. The minimum atomic E-state index is 0.718. The van der Waals surface area contributed by atoms with Gasteiger partial charge in [-0.05, 0) is 12.1 Å². The number of aromatic nitrogens is 4. The predicted octanol–water partition coefficient (Wildman–Crippen LogP) is 1.61. The number of hydrogen-bond donors (Lipinski definition) is 3. The van der Waals surface area contributed by atoms with Crippen LogP contribution in [0.25, 0.3) is 11.3 Å². The highest BCUT2D eigenvalue weighted by Crippen LogP contribution is 2.38. The first kappa shape index (κ1) is 17.4. The molecule has 0 aliphatic carbocycles. The zero-order chi connectivity index (χ0) is 18.9. The van der Waals surface area contributed by atoms with Gasteiger partial charge in [0.05, 0.1) is 54.8 Å². The van der Waals surface area contributed by atoms with Crippen molar-refractivity contribution in [3.8, 4) is 11.3 Å². The lowest BCUT2D eigenvalue weighted by Crippen LogP contribution is -2.36. The lowest BCUT2D eigenvalue weighted by molar-refractivity contribution is 0.122. The van der Waals surface area contributed by atoms with Gasteiger partial charge in [0, 0.05) is 30.9 Å². The number of pyridine rings is 1. The Labute approximate surface area is 166 Å². The van der Waals surface area contributed by atoms with E-state index in [0.29, 0.717) is 0 Å². The molecular weight excluding hydrogens is 376 g/mol. The van der Waals surface area contributed by atoms with Crippen molar-refractivity contribution in [3.63, 3.8) is 0 Å². The van der Waals surface area contributed by atoms with E-state index in [0.717, 1.165) is 79.4 Å². The Bertz CT molecular complexity index is 947. The molecule has 0 amide bonds. The van der Waals surface area contributed by atoms with E-state index in [1.165, 1.54) is 4.88 Å². The van der Waals surface area contributed by atoms with Gasteiger partial charge in [-0.2, -0.15) is 5.10 Å². The van der Waals surface area contributed by atoms with E-state index in [1.54, 1.807) is 11.3 Å². The maximum Gasteiger partial charge on any atom is 0.197 e. The van der Waals surface area contributed by atoms with Crippen LogP contribution < -0.4 is 21.1 Å². The fourth-order valence-electron chi connectivity index (χ4n) is 3.71. The number of hydrazine groups is 1. The Morgan fingerprint density at radius 3 is 2.89 bits per heavy atom. The number of nitrogens with two attached hydrogens (primary N) is 1. The van der Waals surface area contributed by atoms with Crippen molar-refractivity contribution < 1.29 is 4.74 Å². The first-order valence-electron chi connectivity index (χ1n) is 9.34. The number of nitrogen functional groups attached to an aromatic ring is 1. The van der Waals surface area contributed by atoms with Crippen molar-refractivity contribution >= 4 is 28.0 Å². The minimum Gasteiger partial charge on any atom is -0.378 e. The molecule has 0 unspecified atom stereocenters. The molecule has 0 bridgehead atoms. The minimum absolute atomic E-state index is 0.718. The molecule has 0 saturated carbocycles. The Morgan fingerprint density at radius 2 is 2.11 bits per heavy atom. The molecule has 146 valence electrons. The summed E-state index contributed by atoms with van der Waals surface area (Å²) in [6, 6.07) is 4.26. The first-order chi connectivity index (χ1) is 13.8. The van der Waals surface area contributed by atoms with E-state index in [2.05, 4.69) is 42.5 Å². The van der Waals surface area contributed by atoms with E-state index in [9.17, 15) is 0 Å². The van der Waals surface area contributed by atoms with Crippen LogP contribution in [0.1, 0.15) is 10.6 Å². The number of rotatable bonds is 4. The summed E-state index contributed by atoms with van der Waals surface area (Å²) in [7, 11) is 0. The van der Waals surface area contributed by atoms with E-state index in [4.69, 9.17) is 15.6 Å². The number of nitrogens with zero attached hydrogens (tertiary/aromatic N) is 5. The van der Waals surface area contributed by atoms with Crippen molar-refractivity contribution in [2.45, 2.75) is 13.0 Å². The van der Waals surface area contributed by atoms with E-state index >= 15 is 0 Å². The summed E-state index contributed by atoms with van der Waals surface area (Å²) in [5.41, 5.74) is 6.80. The number of aromatic amines is 1. The van der Waals surface area contributed by atoms with Crippen molar-refractivity contribution in [3.05, 3.63) is 35.1 Å². The third-order valence-electron chi connectivity index (χ3n) is 5.16. The smallest absolute Gasteiger partial charge is 0.197 e. The van der Waals surface area contributed by atoms with Crippen LogP contribution >= 0.6 is 11.3 Å². The van der Waals surface area contributed by atoms with Crippen LogP contribution in [0.3, 0.4) is 0 Å². The van der Waals surface area contributed by atoms with Crippen LogP contribution in [0.2, 0.25) is 0 Å². The van der Waals surface area contributed by atoms with Gasteiger partial charge in [-0.25, -0.2) is 10.8 Å². The highest BCUT2D eigenvalue weighted by Gasteiger charge is 2.25. The zero-order valence-electron chi connectivity index (χ0n) is 15.4. The molecule has 3 aromatic heterocycles. The quantitative estimate of drug-likeness (QED) is 0.449. The summed E-state index contributed by atoms with van der Waals surface area (Å²) in [6.45, 7) is 4.96. The van der Waals surface area contributed by atoms with Gasteiger partial charge in [0.15, 0.2) is 5.13 Å². The van der Waals surface area contributed by atoms with E-state index in [1.807, 2.05) is 12.4 Å². The lowest BCUT2D eigenvalue weighted by Gasteiger charge is -2.28. The van der Waals surface area contributed by atoms with E-state index in [-0.39, 0.29) is 0 Å². The molecule has 1 fully saturated rings. The third kappa shape index (κ3) is 3.19. The number of fused-ring (bicyclic) bond motifs is 3. The average Bonchev–Trinajstić information content (AvgIpc) is 3.36. The highest BCUT2D eigenvalue weighted by molar-refractivity contribution is 7.16. The van der Waals surface area contributed by atoms with Crippen LogP contribution in [0.15, 0.2) is 24.5 Å². The van der Waals surface area contributed by atoms with Gasteiger partial charge in [0.25, 0.3) is 0 Å². The Morgan fingerprint density at radius 1 is 1.21 bits per heavy atom. The molecule has 10 heteroatoms. The second-order valence-electron chi connectivity index (χ2n) is 6.85. The summed E-state index contributed by atoms with van der Waals surface area (Å²) in [4.78, 5) is 15.1. The van der Waals surface area contributed by atoms with Crippen molar-refractivity contribution in [2.75, 3.05) is 48.1 Å². The van der Waals surface area contributed by atoms with Crippen LogP contribution in [0.5, 0.6) is 0 Å². The molecular formula is C18H22N8OS. The second kappa shape index (κ2) is 7.38. The molecule has 3 aromatic rings. The summed E-state index contributed by atoms with van der Waals surface area (Å²) in [5.74, 6) is 6.52. The molecule has 0 radical (unpaired) electrons. The van der Waals surface area contributed by atoms with Crippen molar-refractivity contribution in [1.82, 2.24) is 20.2 Å². The summed E-state index contributed by atoms with van der Waals surface area (Å²) in [5, 5.41) is 8.12. The summed E-state index contributed by atoms with van der Waals surface area (Å²) >= 11 is 1.59. The predicted molar refractivity (Wildman–Crippen MR) is 110 cm³/mol. The molecule has 5 heterocycles. The number of ether oxygens (including phenoxy) is 1. The molecule has 0 atom stereocenters. The van der Waals surface area contributed by atoms with Crippen LogP contribution in [-0.2, 0) is 17.7 Å². The van der Waals surface area contributed by atoms with Gasteiger partial charge in [0.1, 0.15) is 5.82 Å². The maximum atomic E-state index is 5.54. The fraction of sp³-hybridized carbons (Fsp3) is 0.389. The monoisotopic (exact) mass is 398 g/mol. The summed E-state index contributed by atoms with van der Waals surface area (Å²) < 4.78 is 5.42. The molecule has 0 spiro atoms. The normalized spacial score (nSPS) is 16.5.